The fourth-order valence-corrected chi connectivity index (χ4v) is 1.93. The summed E-state index contributed by atoms with van der Waals surface area (Å²) in [5, 5.41) is 0. The van der Waals surface area contributed by atoms with Crippen LogP contribution in [-0.2, 0) is 13.0 Å². The van der Waals surface area contributed by atoms with Gasteiger partial charge in [-0.3, -0.25) is 9.88 Å². The maximum atomic E-state index is 5.73. The van der Waals surface area contributed by atoms with Gasteiger partial charge in [-0.25, -0.2) is 0 Å². The molecule has 0 spiro atoms. The summed E-state index contributed by atoms with van der Waals surface area (Å²) in [6.45, 7) is 5.06. The minimum Gasteiger partial charge on any atom is -0.465 e. The highest BCUT2D eigenvalue weighted by atomic mass is 16.3. The van der Waals surface area contributed by atoms with Crippen LogP contribution in [0, 0.1) is 0 Å². The van der Waals surface area contributed by atoms with Gasteiger partial charge in [-0.15, -0.1) is 0 Å². The predicted molar refractivity (Wildman–Crippen MR) is 72.2 cm³/mol. The van der Waals surface area contributed by atoms with Gasteiger partial charge in [0.2, 0.25) is 0 Å². The average molecular weight is 244 g/mol. The maximum Gasteiger partial charge on any atom is 0.118 e. The molecule has 0 aliphatic rings. The molecule has 2 aromatic rings. The first-order valence-electron chi connectivity index (χ1n) is 6.39. The molecule has 0 N–H and O–H groups in total. The molecule has 2 aromatic heterocycles. The van der Waals surface area contributed by atoms with Gasteiger partial charge in [0.25, 0.3) is 0 Å². The summed E-state index contributed by atoms with van der Waals surface area (Å²) < 4.78 is 5.73. The van der Waals surface area contributed by atoms with Crippen LogP contribution in [-0.4, -0.2) is 16.9 Å². The highest BCUT2D eigenvalue weighted by molar-refractivity contribution is 5.10. The molecule has 0 fully saturated rings. The van der Waals surface area contributed by atoms with Crippen molar-refractivity contribution in [1.29, 1.82) is 0 Å². The van der Waals surface area contributed by atoms with Crippen molar-refractivity contribution in [3.8, 4) is 0 Å². The molecule has 3 heteroatoms. The fraction of sp³-hybridized carbons (Fsp3) is 0.400. The third kappa shape index (κ3) is 2.99. The molecule has 96 valence electrons. The van der Waals surface area contributed by atoms with Gasteiger partial charge in [-0.2, -0.15) is 0 Å². The number of hydrogen-bond donors (Lipinski definition) is 0. The first kappa shape index (κ1) is 12.8. The first-order valence-corrected chi connectivity index (χ1v) is 6.39. The Hall–Kier alpha value is -1.61. The van der Waals surface area contributed by atoms with Gasteiger partial charge < -0.3 is 4.42 Å². The second-order valence-corrected chi connectivity index (χ2v) is 4.57. The molecule has 18 heavy (non-hydrogen) atoms. The van der Waals surface area contributed by atoms with Crippen molar-refractivity contribution < 1.29 is 4.42 Å². The third-order valence-electron chi connectivity index (χ3n) is 3.25. The highest BCUT2D eigenvalue weighted by Gasteiger charge is 2.14. The van der Waals surface area contributed by atoms with E-state index in [1.807, 2.05) is 18.3 Å². The summed E-state index contributed by atoms with van der Waals surface area (Å²) in [6.07, 6.45) is 2.78. The van der Waals surface area contributed by atoms with Gasteiger partial charge in [0.15, 0.2) is 0 Å². The SMILES string of the molecule is CCc1ccc(CN(C)[C@H](C)c2ccccn2)o1. The van der Waals surface area contributed by atoms with Crippen molar-refractivity contribution in [2.45, 2.75) is 32.9 Å². The Morgan fingerprint density at radius 2 is 2.00 bits per heavy atom. The number of hydrogen-bond acceptors (Lipinski definition) is 3. The molecule has 0 bridgehead atoms. The fourth-order valence-electron chi connectivity index (χ4n) is 1.93. The average Bonchev–Trinajstić information content (AvgIpc) is 2.86. The molecule has 0 unspecified atom stereocenters. The summed E-state index contributed by atoms with van der Waals surface area (Å²) in [5.41, 5.74) is 1.09. The normalized spacial score (nSPS) is 12.9. The highest BCUT2D eigenvalue weighted by Crippen LogP contribution is 2.19. The molecule has 0 saturated heterocycles. The van der Waals surface area contributed by atoms with E-state index in [2.05, 4.69) is 49.0 Å². The number of nitrogens with zero attached hydrogens (tertiary/aromatic N) is 2. The summed E-state index contributed by atoms with van der Waals surface area (Å²) in [7, 11) is 2.09. The van der Waals surface area contributed by atoms with E-state index in [1.54, 1.807) is 0 Å². The van der Waals surface area contributed by atoms with E-state index >= 15 is 0 Å². The first-order chi connectivity index (χ1) is 8.70. The number of aromatic nitrogens is 1. The lowest BCUT2D eigenvalue weighted by molar-refractivity contribution is 0.227. The Kier molecular flexibility index (Phi) is 4.15. The second-order valence-electron chi connectivity index (χ2n) is 4.57. The van der Waals surface area contributed by atoms with E-state index in [9.17, 15) is 0 Å². The summed E-state index contributed by atoms with van der Waals surface area (Å²) >= 11 is 0. The zero-order chi connectivity index (χ0) is 13.0. The molecule has 1 atom stereocenters. The van der Waals surface area contributed by atoms with E-state index in [1.165, 1.54) is 0 Å². The molecular weight excluding hydrogens is 224 g/mol. The maximum absolute atomic E-state index is 5.73. The lowest BCUT2D eigenvalue weighted by Crippen LogP contribution is -2.22. The van der Waals surface area contributed by atoms with Crippen LogP contribution in [0.2, 0.25) is 0 Å². The monoisotopic (exact) mass is 244 g/mol. The van der Waals surface area contributed by atoms with Crippen LogP contribution < -0.4 is 0 Å². The third-order valence-corrected chi connectivity index (χ3v) is 3.25. The number of pyridine rings is 1. The van der Waals surface area contributed by atoms with E-state index in [4.69, 9.17) is 4.42 Å². The van der Waals surface area contributed by atoms with Crippen molar-refractivity contribution in [3.05, 3.63) is 53.7 Å². The van der Waals surface area contributed by atoms with Gasteiger partial charge in [-0.05, 0) is 38.2 Å². The molecule has 0 radical (unpaired) electrons. The number of aryl methyl sites for hydroxylation is 1. The Morgan fingerprint density at radius 1 is 1.22 bits per heavy atom. The van der Waals surface area contributed by atoms with E-state index in [-0.39, 0.29) is 6.04 Å². The van der Waals surface area contributed by atoms with Crippen LogP contribution >= 0.6 is 0 Å². The van der Waals surface area contributed by atoms with Crippen molar-refractivity contribution in [3.63, 3.8) is 0 Å². The van der Waals surface area contributed by atoms with Crippen LogP contribution in [0.25, 0.3) is 0 Å². The summed E-state index contributed by atoms with van der Waals surface area (Å²) in [5.74, 6) is 2.06. The minimum absolute atomic E-state index is 0.279. The Bertz CT molecular complexity index is 478. The van der Waals surface area contributed by atoms with Crippen LogP contribution in [0.4, 0.5) is 0 Å². The summed E-state index contributed by atoms with van der Waals surface area (Å²) in [6, 6.07) is 10.4. The zero-order valence-corrected chi connectivity index (χ0v) is 11.3. The van der Waals surface area contributed by atoms with E-state index in [0.29, 0.717) is 0 Å². The molecule has 0 amide bonds. The van der Waals surface area contributed by atoms with Crippen LogP contribution in [0.15, 0.2) is 40.9 Å². The van der Waals surface area contributed by atoms with Crippen molar-refractivity contribution in [2.75, 3.05) is 7.05 Å². The predicted octanol–water partition coefficient (Wildman–Crippen LogP) is 3.43. The minimum atomic E-state index is 0.279. The lowest BCUT2D eigenvalue weighted by Gasteiger charge is -2.23. The second kappa shape index (κ2) is 5.83. The Balaban J connectivity index is 2.01. The van der Waals surface area contributed by atoms with Crippen molar-refractivity contribution in [1.82, 2.24) is 9.88 Å². The topological polar surface area (TPSA) is 29.3 Å². The number of furan rings is 1. The molecular formula is C15H20N2O. The Morgan fingerprint density at radius 3 is 2.61 bits per heavy atom. The van der Waals surface area contributed by atoms with Gasteiger partial charge in [0, 0.05) is 18.7 Å². The Labute approximate surface area is 108 Å². The molecule has 2 heterocycles. The molecule has 3 nitrogen and oxygen atoms in total. The quantitative estimate of drug-likeness (QED) is 0.807. The van der Waals surface area contributed by atoms with Crippen LogP contribution in [0.5, 0.6) is 0 Å². The van der Waals surface area contributed by atoms with Gasteiger partial charge >= 0.3 is 0 Å². The van der Waals surface area contributed by atoms with Crippen molar-refractivity contribution in [2.24, 2.45) is 0 Å². The molecule has 0 aliphatic heterocycles. The molecule has 0 aliphatic carbocycles. The van der Waals surface area contributed by atoms with Gasteiger partial charge in [-0.1, -0.05) is 13.0 Å². The smallest absolute Gasteiger partial charge is 0.118 e. The summed E-state index contributed by atoms with van der Waals surface area (Å²) in [4.78, 5) is 6.63. The van der Waals surface area contributed by atoms with E-state index in [0.717, 1.165) is 30.2 Å². The molecule has 2 rings (SSSR count). The van der Waals surface area contributed by atoms with Crippen LogP contribution in [0.1, 0.15) is 37.1 Å². The van der Waals surface area contributed by atoms with E-state index < -0.39 is 0 Å². The zero-order valence-electron chi connectivity index (χ0n) is 11.3. The standard InChI is InChI=1S/C15H20N2O/c1-4-13-8-9-14(18-13)11-17(3)12(2)15-7-5-6-10-16-15/h5-10,12H,4,11H2,1-3H3/t12-/m1/s1. The number of rotatable bonds is 5. The van der Waals surface area contributed by atoms with Crippen molar-refractivity contribution >= 4 is 0 Å². The van der Waals surface area contributed by atoms with Crippen LogP contribution in [0.3, 0.4) is 0 Å². The largest absolute Gasteiger partial charge is 0.465 e. The van der Waals surface area contributed by atoms with Gasteiger partial charge in [0.1, 0.15) is 11.5 Å². The molecule has 0 aromatic carbocycles. The molecule has 0 saturated carbocycles. The lowest BCUT2D eigenvalue weighted by atomic mass is 10.2. The van der Waals surface area contributed by atoms with Gasteiger partial charge in [0.05, 0.1) is 12.2 Å².